The standard InChI is InChI=1S/C16H23N5O3S3/c1-27(23,24)17-10-9-13-7-8-15(26-13)14(22)11-25-16-18-19-20-21(16)12-5-3-2-4-6-12/h7-8,12,17H,2-6,9-11H2,1H3. The number of carbonyl (C=O) groups is 1. The number of hydrogen-bond donors (Lipinski definition) is 1. The third-order valence-electron chi connectivity index (χ3n) is 4.39. The minimum Gasteiger partial charge on any atom is -0.292 e. The summed E-state index contributed by atoms with van der Waals surface area (Å²) in [6.45, 7) is 0.331. The fourth-order valence-electron chi connectivity index (χ4n) is 3.06. The number of aromatic nitrogens is 4. The lowest BCUT2D eigenvalue weighted by Crippen LogP contribution is -2.23. The van der Waals surface area contributed by atoms with Gasteiger partial charge in [0.15, 0.2) is 5.78 Å². The Kier molecular flexibility index (Phi) is 7.01. The van der Waals surface area contributed by atoms with Crippen LogP contribution in [0.1, 0.15) is 52.7 Å². The molecule has 3 rings (SSSR count). The van der Waals surface area contributed by atoms with Gasteiger partial charge in [0.2, 0.25) is 15.2 Å². The molecule has 27 heavy (non-hydrogen) atoms. The number of thiophene rings is 1. The summed E-state index contributed by atoms with van der Waals surface area (Å²) in [5, 5.41) is 12.7. The average Bonchev–Trinajstić information content (AvgIpc) is 3.29. The monoisotopic (exact) mass is 429 g/mol. The van der Waals surface area contributed by atoms with E-state index in [2.05, 4.69) is 20.2 Å². The van der Waals surface area contributed by atoms with Crippen molar-refractivity contribution in [2.75, 3.05) is 18.6 Å². The van der Waals surface area contributed by atoms with Crippen LogP contribution in [-0.2, 0) is 16.4 Å². The van der Waals surface area contributed by atoms with E-state index in [0.29, 0.717) is 29.0 Å². The van der Waals surface area contributed by atoms with Gasteiger partial charge in [-0.15, -0.1) is 16.4 Å². The number of carbonyl (C=O) groups excluding carboxylic acids is 1. The van der Waals surface area contributed by atoms with E-state index in [-0.39, 0.29) is 11.5 Å². The molecule has 2 heterocycles. The van der Waals surface area contributed by atoms with E-state index in [9.17, 15) is 13.2 Å². The molecule has 2 aromatic rings. The van der Waals surface area contributed by atoms with Crippen molar-refractivity contribution in [2.45, 2.75) is 49.7 Å². The zero-order valence-corrected chi connectivity index (χ0v) is 17.6. The quantitative estimate of drug-likeness (QED) is 0.481. The van der Waals surface area contributed by atoms with Crippen molar-refractivity contribution in [2.24, 2.45) is 0 Å². The minimum atomic E-state index is -3.19. The Balaban J connectivity index is 1.52. The molecule has 148 valence electrons. The molecular formula is C16H23N5O3S3. The summed E-state index contributed by atoms with van der Waals surface area (Å²) in [6.07, 6.45) is 7.52. The Hall–Kier alpha value is -1.30. The molecule has 8 nitrogen and oxygen atoms in total. The SMILES string of the molecule is CS(=O)(=O)NCCc1ccc(C(=O)CSc2nnnn2C2CCCCC2)s1. The van der Waals surface area contributed by atoms with Gasteiger partial charge in [0.25, 0.3) is 0 Å². The summed E-state index contributed by atoms with van der Waals surface area (Å²) in [7, 11) is -3.19. The van der Waals surface area contributed by atoms with Gasteiger partial charge in [0.05, 0.1) is 22.9 Å². The van der Waals surface area contributed by atoms with E-state index in [4.69, 9.17) is 0 Å². The second-order valence-electron chi connectivity index (χ2n) is 6.59. The average molecular weight is 430 g/mol. The molecule has 11 heteroatoms. The van der Waals surface area contributed by atoms with E-state index in [1.807, 2.05) is 10.7 Å². The minimum absolute atomic E-state index is 0.0329. The first kappa shape index (κ1) is 20.4. The van der Waals surface area contributed by atoms with Crippen LogP contribution >= 0.6 is 23.1 Å². The predicted molar refractivity (Wildman–Crippen MR) is 106 cm³/mol. The molecule has 1 saturated carbocycles. The molecule has 0 unspecified atom stereocenters. The van der Waals surface area contributed by atoms with Crippen molar-refractivity contribution in [3.05, 3.63) is 21.9 Å². The Labute approximate surface area is 167 Å². The van der Waals surface area contributed by atoms with Gasteiger partial charge in [-0.05, 0) is 41.8 Å². The molecular weight excluding hydrogens is 406 g/mol. The first-order chi connectivity index (χ1) is 12.9. The number of ketones is 1. The highest BCUT2D eigenvalue weighted by Crippen LogP contribution is 2.30. The summed E-state index contributed by atoms with van der Waals surface area (Å²) in [5.41, 5.74) is 0. The molecule has 0 atom stereocenters. The fourth-order valence-corrected chi connectivity index (χ4v) is 5.40. The number of sulfonamides is 1. The normalized spacial score (nSPS) is 15.9. The Morgan fingerprint density at radius 2 is 2.11 bits per heavy atom. The summed E-state index contributed by atoms with van der Waals surface area (Å²) in [5.74, 6) is 0.319. The van der Waals surface area contributed by atoms with Gasteiger partial charge in [-0.1, -0.05) is 31.0 Å². The van der Waals surface area contributed by atoms with Gasteiger partial charge < -0.3 is 0 Å². The third kappa shape index (κ3) is 6.09. The van der Waals surface area contributed by atoms with Crippen LogP contribution in [0.3, 0.4) is 0 Å². The molecule has 0 aliphatic heterocycles. The topological polar surface area (TPSA) is 107 Å². The number of tetrazole rings is 1. The maximum Gasteiger partial charge on any atom is 0.210 e. The lowest BCUT2D eigenvalue weighted by molar-refractivity contribution is 0.102. The van der Waals surface area contributed by atoms with E-state index in [1.54, 1.807) is 6.07 Å². The number of nitrogens with zero attached hydrogens (tertiary/aromatic N) is 4. The Bertz CT molecular complexity index is 872. The van der Waals surface area contributed by atoms with Crippen molar-refractivity contribution < 1.29 is 13.2 Å². The molecule has 0 spiro atoms. The second-order valence-corrected chi connectivity index (χ2v) is 10.5. The largest absolute Gasteiger partial charge is 0.292 e. The second kappa shape index (κ2) is 9.26. The summed E-state index contributed by atoms with van der Waals surface area (Å²) in [6, 6.07) is 4.01. The molecule has 1 fully saturated rings. The highest BCUT2D eigenvalue weighted by molar-refractivity contribution is 7.99. The van der Waals surface area contributed by atoms with Crippen LogP contribution in [0, 0.1) is 0 Å². The van der Waals surface area contributed by atoms with Crippen molar-refractivity contribution in [3.8, 4) is 0 Å². The van der Waals surface area contributed by atoms with Crippen LogP contribution in [0.5, 0.6) is 0 Å². The zero-order valence-electron chi connectivity index (χ0n) is 15.1. The first-order valence-corrected chi connectivity index (χ1v) is 12.6. The van der Waals surface area contributed by atoms with Crippen LogP contribution in [0.15, 0.2) is 17.3 Å². The fraction of sp³-hybridized carbons (Fsp3) is 0.625. The van der Waals surface area contributed by atoms with E-state index >= 15 is 0 Å². The molecule has 1 aliphatic carbocycles. The smallest absolute Gasteiger partial charge is 0.210 e. The van der Waals surface area contributed by atoms with E-state index in [0.717, 1.165) is 24.0 Å². The van der Waals surface area contributed by atoms with Crippen LogP contribution in [0.4, 0.5) is 0 Å². The number of nitrogens with one attached hydrogen (secondary N) is 1. The Morgan fingerprint density at radius 3 is 2.85 bits per heavy atom. The molecule has 2 aromatic heterocycles. The lowest BCUT2D eigenvalue weighted by atomic mass is 9.96. The summed E-state index contributed by atoms with van der Waals surface area (Å²) >= 11 is 2.78. The molecule has 1 N–H and O–H groups in total. The van der Waals surface area contributed by atoms with Gasteiger partial charge in [0, 0.05) is 11.4 Å². The number of rotatable bonds is 9. The highest BCUT2D eigenvalue weighted by Gasteiger charge is 2.21. The first-order valence-electron chi connectivity index (χ1n) is 8.89. The van der Waals surface area contributed by atoms with Gasteiger partial charge in [-0.2, -0.15) is 0 Å². The van der Waals surface area contributed by atoms with Crippen LogP contribution < -0.4 is 4.72 Å². The van der Waals surface area contributed by atoms with Crippen molar-refractivity contribution in [3.63, 3.8) is 0 Å². The van der Waals surface area contributed by atoms with Crippen molar-refractivity contribution in [1.82, 2.24) is 24.9 Å². The van der Waals surface area contributed by atoms with Crippen LogP contribution in [0.25, 0.3) is 0 Å². The van der Waals surface area contributed by atoms with E-state index < -0.39 is 10.0 Å². The van der Waals surface area contributed by atoms with Gasteiger partial charge >= 0.3 is 0 Å². The van der Waals surface area contributed by atoms with Gasteiger partial charge in [-0.25, -0.2) is 17.8 Å². The molecule has 0 radical (unpaired) electrons. The number of thioether (sulfide) groups is 1. The van der Waals surface area contributed by atoms with Gasteiger partial charge in [-0.3, -0.25) is 4.79 Å². The predicted octanol–water partition coefficient (Wildman–Crippen LogP) is 2.31. The highest BCUT2D eigenvalue weighted by atomic mass is 32.2. The van der Waals surface area contributed by atoms with Crippen LogP contribution in [0.2, 0.25) is 0 Å². The summed E-state index contributed by atoms with van der Waals surface area (Å²) < 4.78 is 26.5. The molecule has 0 amide bonds. The Morgan fingerprint density at radius 1 is 1.33 bits per heavy atom. The maximum atomic E-state index is 12.5. The molecule has 0 bridgehead atoms. The van der Waals surface area contributed by atoms with E-state index in [1.165, 1.54) is 42.4 Å². The van der Waals surface area contributed by atoms with Gasteiger partial charge in [0.1, 0.15) is 0 Å². The van der Waals surface area contributed by atoms with Crippen LogP contribution in [-0.4, -0.2) is 53.0 Å². The third-order valence-corrected chi connectivity index (χ3v) is 7.24. The molecule has 1 aliphatic rings. The number of hydrogen-bond acceptors (Lipinski definition) is 8. The number of Topliss-reactive ketones (excluding diaryl/α,β-unsaturated/α-hetero) is 1. The maximum absolute atomic E-state index is 12.5. The zero-order chi connectivity index (χ0) is 19.3. The lowest BCUT2D eigenvalue weighted by Gasteiger charge is -2.21. The molecule has 0 saturated heterocycles. The molecule has 0 aromatic carbocycles. The summed E-state index contributed by atoms with van der Waals surface area (Å²) in [4.78, 5) is 14.1. The van der Waals surface area contributed by atoms with Crippen molar-refractivity contribution in [1.29, 1.82) is 0 Å². The van der Waals surface area contributed by atoms with Crippen molar-refractivity contribution >= 4 is 38.9 Å².